The van der Waals surface area contributed by atoms with Crippen LogP contribution < -0.4 is 5.32 Å². The number of nitrogens with zero attached hydrogens (tertiary/aromatic N) is 3. The molecule has 0 saturated heterocycles. The van der Waals surface area contributed by atoms with Crippen molar-refractivity contribution in [3.05, 3.63) is 18.1 Å². The Hall–Kier alpha value is -1.69. The van der Waals surface area contributed by atoms with Crippen molar-refractivity contribution in [3.8, 4) is 0 Å². The van der Waals surface area contributed by atoms with Gasteiger partial charge in [-0.25, -0.2) is 4.98 Å². The number of hydrogen-bond acceptors (Lipinski definition) is 5. The molecule has 6 nitrogen and oxygen atoms in total. The molecule has 19 heavy (non-hydrogen) atoms. The molecular weight excluding hydrogens is 244 g/mol. The standard InChI is InChI=1S/C13H22N4O2/c1-4-15-12-10-14-9-11(16-12)13(18)17(5-2)7-8-19-6-3/h9-10H,4-8H2,1-3H3,(H,15,16). The molecule has 1 heterocycles. The maximum Gasteiger partial charge on any atom is 0.274 e. The molecule has 0 bridgehead atoms. The molecule has 0 fully saturated rings. The van der Waals surface area contributed by atoms with Crippen molar-refractivity contribution in [1.82, 2.24) is 14.9 Å². The van der Waals surface area contributed by atoms with Crippen molar-refractivity contribution >= 4 is 11.7 Å². The Morgan fingerprint density at radius 1 is 1.37 bits per heavy atom. The third-order valence-electron chi connectivity index (χ3n) is 2.59. The van der Waals surface area contributed by atoms with Crippen LogP contribution >= 0.6 is 0 Å². The Morgan fingerprint density at radius 3 is 2.79 bits per heavy atom. The highest BCUT2D eigenvalue weighted by atomic mass is 16.5. The fourth-order valence-electron chi connectivity index (χ4n) is 1.62. The van der Waals surface area contributed by atoms with Gasteiger partial charge in [-0.1, -0.05) is 0 Å². The third-order valence-corrected chi connectivity index (χ3v) is 2.59. The summed E-state index contributed by atoms with van der Waals surface area (Å²) in [6, 6.07) is 0. The van der Waals surface area contributed by atoms with Crippen LogP contribution in [0.15, 0.2) is 12.4 Å². The van der Waals surface area contributed by atoms with E-state index >= 15 is 0 Å². The molecule has 0 aromatic carbocycles. The number of carbonyl (C=O) groups excluding carboxylic acids is 1. The summed E-state index contributed by atoms with van der Waals surface area (Å²) in [5.41, 5.74) is 0.358. The van der Waals surface area contributed by atoms with Gasteiger partial charge in [-0.2, -0.15) is 0 Å². The van der Waals surface area contributed by atoms with E-state index in [2.05, 4.69) is 15.3 Å². The Labute approximate surface area is 114 Å². The maximum absolute atomic E-state index is 12.3. The number of nitrogens with one attached hydrogen (secondary N) is 1. The minimum absolute atomic E-state index is 0.116. The topological polar surface area (TPSA) is 67.4 Å². The molecule has 0 unspecified atom stereocenters. The van der Waals surface area contributed by atoms with Crippen molar-refractivity contribution < 1.29 is 9.53 Å². The van der Waals surface area contributed by atoms with Gasteiger partial charge in [-0.05, 0) is 20.8 Å². The fraction of sp³-hybridized carbons (Fsp3) is 0.615. The van der Waals surface area contributed by atoms with Gasteiger partial charge in [-0.3, -0.25) is 9.78 Å². The van der Waals surface area contributed by atoms with Gasteiger partial charge in [-0.15, -0.1) is 0 Å². The molecule has 0 aliphatic carbocycles. The first-order valence-corrected chi connectivity index (χ1v) is 6.65. The summed E-state index contributed by atoms with van der Waals surface area (Å²) in [5, 5.41) is 3.04. The lowest BCUT2D eigenvalue weighted by atomic mass is 10.3. The Bertz CT molecular complexity index is 398. The quantitative estimate of drug-likeness (QED) is 0.720. The molecule has 1 N–H and O–H groups in total. The summed E-state index contributed by atoms with van der Waals surface area (Å²) >= 11 is 0. The van der Waals surface area contributed by atoms with E-state index < -0.39 is 0 Å². The lowest BCUT2D eigenvalue weighted by molar-refractivity contribution is 0.0663. The van der Waals surface area contributed by atoms with Gasteiger partial charge in [0.05, 0.1) is 19.0 Å². The number of carbonyl (C=O) groups is 1. The van der Waals surface area contributed by atoms with Crippen LogP contribution in [0.3, 0.4) is 0 Å². The fourth-order valence-corrected chi connectivity index (χ4v) is 1.62. The summed E-state index contributed by atoms with van der Waals surface area (Å²) in [4.78, 5) is 22.3. The number of ether oxygens (including phenoxy) is 1. The summed E-state index contributed by atoms with van der Waals surface area (Å²) in [5.74, 6) is 0.503. The molecular formula is C13H22N4O2. The molecule has 0 aliphatic rings. The van der Waals surface area contributed by atoms with Crippen LogP contribution in [0.2, 0.25) is 0 Å². The number of rotatable bonds is 8. The van der Waals surface area contributed by atoms with E-state index in [0.29, 0.717) is 37.8 Å². The minimum atomic E-state index is -0.116. The normalized spacial score (nSPS) is 10.3. The van der Waals surface area contributed by atoms with E-state index in [1.165, 1.54) is 6.20 Å². The average molecular weight is 266 g/mol. The van der Waals surface area contributed by atoms with Gasteiger partial charge in [0.2, 0.25) is 0 Å². The van der Waals surface area contributed by atoms with Crippen molar-refractivity contribution in [1.29, 1.82) is 0 Å². The van der Waals surface area contributed by atoms with Crippen LogP contribution in [0.5, 0.6) is 0 Å². The highest BCUT2D eigenvalue weighted by molar-refractivity contribution is 5.92. The largest absolute Gasteiger partial charge is 0.380 e. The first-order chi connectivity index (χ1) is 9.22. The molecule has 0 spiro atoms. The molecule has 6 heteroatoms. The first kappa shape index (κ1) is 15.4. The Morgan fingerprint density at radius 2 is 2.16 bits per heavy atom. The van der Waals surface area contributed by atoms with Crippen LogP contribution in [0.4, 0.5) is 5.82 Å². The second kappa shape index (κ2) is 8.42. The highest BCUT2D eigenvalue weighted by Crippen LogP contribution is 2.05. The molecule has 0 saturated carbocycles. The van der Waals surface area contributed by atoms with Gasteiger partial charge >= 0.3 is 0 Å². The maximum atomic E-state index is 12.3. The minimum Gasteiger partial charge on any atom is -0.380 e. The SMILES string of the molecule is CCNc1cncc(C(=O)N(CC)CCOCC)n1. The van der Waals surface area contributed by atoms with Gasteiger partial charge in [0, 0.05) is 26.2 Å². The van der Waals surface area contributed by atoms with E-state index in [9.17, 15) is 4.79 Å². The summed E-state index contributed by atoms with van der Waals surface area (Å²) < 4.78 is 5.27. The van der Waals surface area contributed by atoms with Gasteiger partial charge < -0.3 is 15.0 Å². The van der Waals surface area contributed by atoms with E-state index in [1.54, 1.807) is 11.1 Å². The summed E-state index contributed by atoms with van der Waals surface area (Å²) in [6.45, 7) is 8.97. The zero-order valence-electron chi connectivity index (χ0n) is 11.8. The average Bonchev–Trinajstić information content (AvgIpc) is 2.44. The molecule has 1 aromatic rings. The predicted octanol–water partition coefficient (Wildman–Crippen LogP) is 1.41. The van der Waals surface area contributed by atoms with Crippen LogP contribution in [0.25, 0.3) is 0 Å². The Kier molecular flexibility index (Phi) is 6.81. The van der Waals surface area contributed by atoms with Crippen LogP contribution in [-0.4, -0.2) is 53.6 Å². The zero-order chi connectivity index (χ0) is 14.1. The molecule has 0 atom stereocenters. The van der Waals surface area contributed by atoms with Crippen molar-refractivity contribution in [2.24, 2.45) is 0 Å². The van der Waals surface area contributed by atoms with Gasteiger partial charge in [0.25, 0.3) is 5.91 Å². The van der Waals surface area contributed by atoms with E-state index in [4.69, 9.17) is 4.74 Å². The molecule has 1 amide bonds. The van der Waals surface area contributed by atoms with Crippen molar-refractivity contribution in [2.45, 2.75) is 20.8 Å². The summed E-state index contributed by atoms with van der Waals surface area (Å²) in [6.07, 6.45) is 3.10. The van der Waals surface area contributed by atoms with E-state index in [1.807, 2.05) is 20.8 Å². The second-order valence-electron chi connectivity index (χ2n) is 3.90. The number of aromatic nitrogens is 2. The first-order valence-electron chi connectivity index (χ1n) is 6.65. The molecule has 0 radical (unpaired) electrons. The van der Waals surface area contributed by atoms with Gasteiger partial charge in [0.1, 0.15) is 11.5 Å². The predicted molar refractivity (Wildman–Crippen MR) is 74.3 cm³/mol. The smallest absolute Gasteiger partial charge is 0.274 e. The van der Waals surface area contributed by atoms with Crippen LogP contribution in [0.1, 0.15) is 31.3 Å². The second-order valence-corrected chi connectivity index (χ2v) is 3.90. The monoisotopic (exact) mass is 266 g/mol. The van der Waals surface area contributed by atoms with Gasteiger partial charge in [0.15, 0.2) is 0 Å². The molecule has 106 valence electrons. The molecule has 1 rings (SSSR count). The molecule has 1 aromatic heterocycles. The number of likely N-dealkylation sites (N-methyl/N-ethyl adjacent to an activating group) is 1. The zero-order valence-corrected chi connectivity index (χ0v) is 11.8. The van der Waals surface area contributed by atoms with Crippen molar-refractivity contribution in [3.63, 3.8) is 0 Å². The van der Waals surface area contributed by atoms with Crippen LogP contribution in [0, 0.1) is 0 Å². The van der Waals surface area contributed by atoms with E-state index in [0.717, 1.165) is 6.54 Å². The Balaban J connectivity index is 2.70. The van der Waals surface area contributed by atoms with E-state index in [-0.39, 0.29) is 5.91 Å². The third kappa shape index (κ3) is 4.82. The number of hydrogen-bond donors (Lipinski definition) is 1. The number of anilines is 1. The molecule has 0 aliphatic heterocycles. The van der Waals surface area contributed by atoms with Crippen LogP contribution in [-0.2, 0) is 4.74 Å². The number of amides is 1. The summed E-state index contributed by atoms with van der Waals surface area (Å²) in [7, 11) is 0. The lowest BCUT2D eigenvalue weighted by Crippen LogP contribution is -2.34. The van der Waals surface area contributed by atoms with Crippen molar-refractivity contribution in [2.75, 3.05) is 38.2 Å². The lowest BCUT2D eigenvalue weighted by Gasteiger charge is -2.20. The highest BCUT2D eigenvalue weighted by Gasteiger charge is 2.16.